The van der Waals surface area contributed by atoms with Crippen molar-refractivity contribution < 1.29 is 27.6 Å². The van der Waals surface area contributed by atoms with Gasteiger partial charge in [0.1, 0.15) is 10.7 Å². The maximum Gasteiger partial charge on any atom is 0.417 e. The lowest BCUT2D eigenvalue weighted by Crippen LogP contribution is -2.22. The Morgan fingerprint density at radius 3 is 2.50 bits per heavy atom. The number of benzene rings is 1. The molecule has 166 valence electrons. The van der Waals surface area contributed by atoms with Gasteiger partial charge >= 0.3 is 6.18 Å². The maximum atomic E-state index is 13.0. The minimum Gasteiger partial charge on any atom is -0.321 e. The van der Waals surface area contributed by atoms with E-state index in [0.717, 1.165) is 6.07 Å². The quantitative estimate of drug-likeness (QED) is 0.488. The third-order valence-corrected chi connectivity index (χ3v) is 5.18. The number of amides is 2. The molecule has 0 spiro atoms. The van der Waals surface area contributed by atoms with E-state index in [9.17, 15) is 22.8 Å². The Hall–Kier alpha value is -3.15. The molecule has 12 heteroatoms. The van der Waals surface area contributed by atoms with Crippen LogP contribution in [0.15, 0.2) is 64.8 Å². The van der Waals surface area contributed by atoms with Gasteiger partial charge < -0.3 is 5.32 Å². The fourth-order valence-corrected chi connectivity index (χ4v) is 3.47. The van der Waals surface area contributed by atoms with Crippen molar-refractivity contribution in [3.8, 4) is 0 Å². The van der Waals surface area contributed by atoms with Gasteiger partial charge in [0.05, 0.1) is 29.6 Å². The van der Waals surface area contributed by atoms with Crippen molar-refractivity contribution >= 4 is 40.9 Å². The number of aromatic nitrogens is 2. The zero-order valence-corrected chi connectivity index (χ0v) is 17.8. The number of anilines is 1. The number of alkyl halides is 3. The summed E-state index contributed by atoms with van der Waals surface area (Å²) in [6.45, 7) is 0. The van der Waals surface area contributed by atoms with Gasteiger partial charge in [-0.2, -0.15) is 13.2 Å². The first-order valence-electron chi connectivity index (χ1n) is 8.79. The van der Waals surface area contributed by atoms with Crippen LogP contribution in [-0.2, 0) is 11.0 Å². The van der Waals surface area contributed by atoms with Gasteiger partial charge in [-0.15, -0.1) is 0 Å². The maximum absolute atomic E-state index is 13.0. The summed E-state index contributed by atoms with van der Waals surface area (Å²) in [5.41, 5.74) is 1.33. The molecule has 1 aromatic carbocycles. The van der Waals surface area contributed by atoms with Crippen LogP contribution in [0.2, 0.25) is 5.02 Å². The number of rotatable bonds is 6. The van der Waals surface area contributed by atoms with E-state index in [4.69, 9.17) is 11.6 Å². The average Bonchev–Trinajstić information content (AvgIpc) is 2.75. The first-order chi connectivity index (χ1) is 15.2. The molecular weight excluding hydrogens is 469 g/mol. The van der Waals surface area contributed by atoms with Gasteiger partial charge in [0.15, 0.2) is 0 Å². The number of nitrogens with one attached hydrogen (secondary N) is 2. The van der Waals surface area contributed by atoms with Crippen molar-refractivity contribution in [2.45, 2.75) is 16.1 Å². The first-order valence-corrected chi connectivity index (χ1v) is 9.98. The number of carbonyl (C=O) groups excluding carboxylic acids is 2. The van der Waals surface area contributed by atoms with Crippen molar-refractivity contribution in [2.24, 2.45) is 0 Å². The van der Waals surface area contributed by atoms with Crippen molar-refractivity contribution in [1.82, 2.24) is 15.4 Å². The van der Waals surface area contributed by atoms with Crippen LogP contribution in [0.4, 0.5) is 18.9 Å². The molecule has 0 aliphatic rings. The second-order valence-electron chi connectivity index (χ2n) is 6.15. The molecule has 32 heavy (non-hydrogen) atoms. The highest BCUT2D eigenvalue weighted by molar-refractivity contribution is 7.99. The van der Waals surface area contributed by atoms with E-state index in [-0.39, 0.29) is 16.9 Å². The molecule has 0 fully saturated rings. The Morgan fingerprint density at radius 1 is 1.06 bits per heavy atom. The fraction of sp³-hybridized carbons (Fsp3) is 0.100. The summed E-state index contributed by atoms with van der Waals surface area (Å²) in [4.78, 5) is 37.5. The molecule has 0 bridgehead atoms. The van der Waals surface area contributed by atoms with E-state index in [2.05, 4.69) is 25.6 Å². The van der Waals surface area contributed by atoms with Gasteiger partial charge in [-0.1, -0.05) is 23.4 Å². The normalized spacial score (nSPS) is 11.2. The molecule has 2 heterocycles. The van der Waals surface area contributed by atoms with E-state index in [1.165, 1.54) is 37.3 Å². The van der Waals surface area contributed by atoms with Crippen LogP contribution in [0.5, 0.6) is 0 Å². The Morgan fingerprint density at radius 2 is 1.84 bits per heavy atom. The summed E-state index contributed by atoms with van der Waals surface area (Å²) in [6, 6.07) is 9.31. The Kier molecular flexibility index (Phi) is 7.33. The van der Waals surface area contributed by atoms with Crippen LogP contribution in [0.1, 0.15) is 26.4 Å². The van der Waals surface area contributed by atoms with Gasteiger partial charge in [-0.3, -0.25) is 19.4 Å². The summed E-state index contributed by atoms with van der Waals surface area (Å²) in [5, 5.41) is 2.55. The molecule has 0 saturated heterocycles. The second kappa shape index (κ2) is 9.98. The fourth-order valence-electron chi connectivity index (χ4n) is 2.47. The highest BCUT2D eigenvalue weighted by atomic mass is 35.5. The smallest absolute Gasteiger partial charge is 0.321 e. The summed E-state index contributed by atoms with van der Waals surface area (Å²) in [7, 11) is 1.31. The van der Waals surface area contributed by atoms with Crippen molar-refractivity contribution in [3.63, 3.8) is 0 Å². The number of carbonyl (C=O) groups is 2. The van der Waals surface area contributed by atoms with Gasteiger partial charge in [0.25, 0.3) is 11.8 Å². The topological polar surface area (TPSA) is 93.2 Å². The lowest BCUT2D eigenvalue weighted by atomic mass is 10.1. The molecule has 3 rings (SSSR count). The Balaban J connectivity index is 1.68. The molecule has 0 atom stereocenters. The van der Waals surface area contributed by atoms with Crippen molar-refractivity contribution in [3.05, 3.63) is 76.7 Å². The standard InChI is InChI=1S/C20H14ClF3N4O3S/c1-31-28-19(30)16-9-13(6-7-25-16)32-17-5-3-12(10-26-17)27-18(29)11-2-4-15(21)14(8-11)20(22,23)24/h2-10H,1H3,(H,27,29)(H,28,30). The third kappa shape index (κ3) is 5.96. The molecule has 2 aromatic heterocycles. The molecule has 0 radical (unpaired) electrons. The highest BCUT2D eigenvalue weighted by Gasteiger charge is 2.33. The van der Waals surface area contributed by atoms with E-state index in [0.29, 0.717) is 16.0 Å². The lowest BCUT2D eigenvalue weighted by molar-refractivity contribution is -0.137. The van der Waals surface area contributed by atoms with Crippen LogP contribution < -0.4 is 10.8 Å². The minimum absolute atomic E-state index is 0.155. The number of hydroxylamine groups is 1. The molecule has 0 aliphatic carbocycles. The number of pyridine rings is 2. The summed E-state index contributed by atoms with van der Waals surface area (Å²) >= 11 is 6.82. The Bertz CT molecular complexity index is 1140. The van der Waals surface area contributed by atoms with E-state index in [1.54, 1.807) is 24.3 Å². The second-order valence-corrected chi connectivity index (χ2v) is 7.65. The van der Waals surface area contributed by atoms with E-state index in [1.807, 2.05) is 0 Å². The van der Waals surface area contributed by atoms with E-state index < -0.39 is 28.6 Å². The minimum atomic E-state index is -4.68. The molecular formula is C20H14ClF3N4O3S. The van der Waals surface area contributed by atoms with Gasteiger partial charge in [0.2, 0.25) is 0 Å². The summed E-state index contributed by atoms with van der Waals surface area (Å²) in [6.07, 6.45) is -1.85. The first kappa shape index (κ1) is 23.5. The number of hydrogen-bond acceptors (Lipinski definition) is 6. The van der Waals surface area contributed by atoms with Crippen LogP contribution in [0.25, 0.3) is 0 Å². The van der Waals surface area contributed by atoms with Gasteiger partial charge in [-0.25, -0.2) is 10.5 Å². The largest absolute Gasteiger partial charge is 0.417 e. The van der Waals surface area contributed by atoms with Crippen molar-refractivity contribution in [1.29, 1.82) is 0 Å². The lowest BCUT2D eigenvalue weighted by Gasteiger charge is -2.11. The molecule has 0 unspecified atom stereocenters. The third-order valence-electron chi connectivity index (χ3n) is 3.91. The summed E-state index contributed by atoms with van der Waals surface area (Å²) < 4.78 is 39.0. The predicted molar refractivity (Wildman–Crippen MR) is 111 cm³/mol. The van der Waals surface area contributed by atoms with Crippen molar-refractivity contribution in [2.75, 3.05) is 12.4 Å². The zero-order valence-electron chi connectivity index (χ0n) is 16.2. The van der Waals surface area contributed by atoms with Crippen LogP contribution >= 0.6 is 23.4 Å². The zero-order chi connectivity index (χ0) is 23.3. The van der Waals surface area contributed by atoms with Gasteiger partial charge in [0, 0.05) is 16.7 Å². The monoisotopic (exact) mass is 482 g/mol. The van der Waals surface area contributed by atoms with Crippen LogP contribution in [0.3, 0.4) is 0 Å². The summed E-state index contributed by atoms with van der Waals surface area (Å²) in [5.74, 6) is -1.24. The number of nitrogens with zero attached hydrogens (tertiary/aromatic N) is 2. The molecule has 7 nitrogen and oxygen atoms in total. The molecule has 2 N–H and O–H groups in total. The van der Waals surface area contributed by atoms with Gasteiger partial charge in [-0.05, 0) is 42.5 Å². The SMILES string of the molecule is CONC(=O)c1cc(Sc2ccc(NC(=O)c3ccc(Cl)c(C(F)(F)F)c3)cn2)ccn1. The molecule has 2 amide bonds. The number of halogens is 4. The average molecular weight is 483 g/mol. The molecule has 0 saturated carbocycles. The Labute approximate surface area is 189 Å². The van der Waals surface area contributed by atoms with E-state index >= 15 is 0 Å². The predicted octanol–water partition coefficient (Wildman–Crippen LogP) is 4.84. The van der Waals surface area contributed by atoms with Crippen LogP contribution in [0, 0.1) is 0 Å². The van der Waals surface area contributed by atoms with Crippen LogP contribution in [-0.4, -0.2) is 28.9 Å². The highest BCUT2D eigenvalue weighted by Crippen LogP contribution is 2.35. The molecule has 0 aliphatic heterocycles. The molecule has 3 aromatic rings. The number of hydrogen-bond donors (Lipinski definition) is 2.